The molecule has 0 spiro atoms. The Kier molecular flexibility index (Phi) is 4.69. The maximum absolute atomic E-state index is 10.8. The van der Waals surface area contributed by atoms with Gasteiger partial charge in [0.15, 0.2) is 0 Å². The number of benzene rings is 9. The minimum absolute atomic E-state index is 0.0368. The van der Waals surface area contributed by atoms with E-state index in [-0.39, 0.29) is 78.2 Å². The Hall–Kier alpha value is -7.96. The molecule has 69 heavy (non-hydrogen) atoms. The first-order valence-corrected chi connectivity index (χ1v) is 21.8. The number of ether oxygens (including phenoxy) is 1. The number of nitrogens with zero attached hydrogens (tertiary/aromatic N) is 2. The molecule has 0 unspecified atom stereocenters. The summed E-state index contributed by atoms with van der Waals surface area (Å²) in [6.45, 7) is 9.94. The topological polar surface area (TPSA) is 42.0 Å². The maximum atomic E-state index is 10.8. The molecule has 0 amide bonds. The third-order valence-electron chi connectivity index (χ3n) is 12.1. The Morgan fingerprint density at radius 2 is 1.01 bits per heavy atom. The molecule has 6 heteroatoms. The average molecular weight is 923 g/mol. The molecule has 2 aliphatic rings. The molecule has 5 nitrogen and oxygen atoms in total. The molecule has 11 aromatic rings. The Morgan fingerprint density at radius 3 is 1.75 bits per heavy atom. The van der Waals surface area contributed by atoms with Crippen molar-refractivity contribution in [3.63, 3.8) is 0 Å². The van der Waals surface area contributed by atoms with Crippen LogP contribution in [0.4, 0.5) is 34.1 Å². The lowest BCUT2D eigenvalue weighted by atomic mass is 9.33. The van der Waals surface area contributed by atoms with E-state index in [2.05, 4.69) is 0 Å². The third-order valence-corrected chi connectivity index (χ3v) is 12.1. The molecule has 0 aliphatic carbocycles. The number of rotatable bonds is 5. The van der Waals surface area contributed by atoms with E-state index in [0.717, 1.165) is 9.80 Å². The molecule has 2 aromatic heterocycles. The van der Waals surface area contributed by atoms with Crippen molar-refractivity contribution in [2.45, 2.75) is 59.3 Å². The normalized spacial score (nSPS) is 19.0. The Morgan fingerprint density at radius 1 is 0.449 bits per heavy atom. The summed E-state index contributed by atoms with van der Waals surface area (Å²) in [5.41, 5.74) is -8.81. The summed E-state index contributed by atoms with van der Waals surface area (Å²) < 4.78 is 282. The van der Waals surface area contributed by atoms with E-state index in [4.69, 9.17) is 27.3 Å². The molecule has 2 aliphatic heterocycles. The van der Waals surface area contributed by atoms with Gasteiger partial charge >= 0.3 is 0 Å². The van der Waals surface area contributed by atoms with Gasteiger partial charge in [0.1, 0.15) is 33.8 Å². The lowest BCUT2D eigenvalue weighted by Gasteiger charge is -2.44. The van der Waals surface area contributed by atoms with E-state index in [0.29, 0.717) is 0 Å². The highest BCUT2D eigenvalue weighted by molar-refractivity contribution is 7.00. The van der Waals surface area contributed by atoms with Crippen LogP contribution in [0.3, 0.4) is 0 Å². The van der Waals surface area contributed by atoms with Gasteiger partial charge in [0.2, 0.25) is 0 Å². The van der Waals surface area contributed by atoms with Gasteiger partial charge in [-0.2, -0.15) is 0 Å². The van der Waals surface area contributed by atoms with Crippen LogP contribution < -0.4 is 30.9 Å². The van der Waals surface area contributed by atoms with Gasteiger partial charge in [-0.15, -0.1) is 0 Å². The number of para-hydroxylation sites is 1. The number of aryl methyl sites for hydroxylation is 1. The molecule has 0 saturated carbocycles. The summed E-state index contributed by atoms with van der Waals surface area (Å²) in [6, 6.07) is -19.3. The molecule has 0 fully saturated rings. The van der Waals surface area contributed by atoms with Crippen LogP contribution in [0.5, 0.6) is 11.5 Å². The molecule has 0 atom stereocenters. The number of furan rings is 2. The van der Waals surface area contributed by atoms with Crippen molar-refractivity contribution in [1.29, 1.82) is 0 Å². The second-order valence-corrected chi connectivity index (χ2v) is 18.8. The number of hydrogen-bond acceptors (Lipinski definition) is 5. The molecule has 0 radical (unpaired) electrons. The van der Waals surface area contributed by atoms with Crippen LogP contribution in [0.1, 0.15) is 96.6 Å². The predicted molar refractivity (Wildman–Crippen MR) is 289 cm³/mol. The fourth-order valence-corrected chi connectivity index (χ4v) is 8.85. The first-order chi connectivity index (χ1) is 45.1. The van der Waals surface area contributed by atoms with Crippen LogP contribution in [0.15, 0.2) is 190 Å². The van der Waals surface area contributed by atoms with Crippen LogP contribution in [0, 0.1) is 6.92 Å². The second-order valence-electron chi connectivity index (χ2n) is 18.8. The Labute approximate surface area is 442 Å². The summed E-state index contributed by atoms with van der Waals surface area (Å²) >= 11 is 0. The van der Waals surface area contributed by atoms with Gasteiger partial charge in [0.25, 0.3) is 6.71 Å². The van der Waals surface area contributed by atoms with Gasteiger partial charge in [0, 0.05) is 61.7 Å². The quantitative estimate of drug-likeness (QED) is 0.161. The summed E-state index contributed by atoms with van der Waals surface area (Å²) in [6.07, 6.45) is 0. The molecular weight excluding hydrogens is 844 g/mol. The number of anilines is 6. The molecule has 9 aromatic carbocycles. The van der Waals surface area contributed by atoms with E-state index in [9.17, 15) is 24.7 Å². The molecule has 334 valence electrons. The lowest BCUT2D eigenvalue weighted by molar-refractivity contribution is 0.483. The van der Waals surface area contributed by atoms with Crippen LogP contribution in [0.2, 0.25) is 0 Å². The molecule has 0 bridgehead atoms. The summed E-state index contributed by atoms with van der Waals surface area (Å²) in [4.78, 5) is 2.12. The van der Waals surface area contributed by atoms with Crippen LogP contribution in [0.25, 0.3) is 55.0 Å². The SMILES string of the molecule is [2H]c1c([2H])c([2H])c(Oc2c([2H])c([2H])c(N3c4cc(C)cc5c4B(c4c(c([2H])c6c(oc7c([2H])c(C(C)(C)C)c([2H])c([2H])c76)c4[2H])N5c4c([2H])c([2H])c([2H])c(-c5c([2H])c([2H])c([2H])c([2H])c5[2H])c4[2H])c4c3c([2H])c3oc5c([2H])c([2H])c(C(C)(C)C)c([2H])c5c3c4[2H])c([2H])c2[2H])c([2H])c1[2H]. The third kappa shape index (κ3) is 6.68. The predicted octanol–water partition coefficient (Wildman–Crippen LogP) is 15.9. The van der Waals surface area contributed by atoms with Gasteiger partial charge < -0.3 is 23.4 Å². The Balaban J connectivity index is 1.27. The minimum atomic E-state index is -1.77. The lowest BCUT2D eigenvalue weighted by Crippen LogP contribution is -2.61. The van der Waals surface area contributed by atoms with E-state index in [1.807, 2.05) is 0 Å². The molecule has 0 N–H and O–H groups in total. The average Bonchev–Trinajstić information content (AvgIpc) is 1.65. The highest BCUT2D eigenvalue weighted by Gasteiger charge is 2.44. The van der Waals surface area contributed by atoms with Gasteiger partial charge in [-0.25, -0.2) is 0 Å². The van der Waals surface area contributed by atoms with Gasteiger partial charge in [-0.3, -0.25) is 0 Å². The number of hydrogen-bond donors (Lipinski definition) is 0. The standard InChI is InChI=1S/C63H51BN2O3/c1-38-29-55-61-56(30-38)66(44-18-14-17-40(31-44)39-15-10-8-11-16-39)53-35-50-47-27-21-42(63(5,6)7)33-58(47)69-59(50)36-52(53)64(61)51-34-49-48-32-41(62(2,3)4)22-28-57(48)68-60(49)37-54(51)65(55)43-23-25-46(26-24-43)67-45-19-12-9-13-20-45/h8-37H,1-7H3/i8D,9D,10D,11D,12D,13D,14D,15D,16D,17D,18D,19D,20D,21D,22D,23D,24D,25D,26D,27D,28D,31D,32D,33D,34D,35D,36D,37D. The smallest absolute Gasteiger partial charge is 0.252 e. The van der Waals surface area contributed by atoms with Crippen LogP contribution in [-0.2, 0) is 10.8 Å². The summed E-state index contributed by atoms with van der Waals surface area (Å²) in [5.74, 6) is -1.81. The van der Waals surface area contributed by atoms with Crippen LogP contribution >= 0.6 is 0 Å². The van der Waals surface area contributed by atoms with Crippen molar-refractivity contribution in [2.75, 3.05) is 9.80 Å². The van der Waals surface area contributed by atoms with Gasteiger partial charge in [-0.1, -0.05) is 126 Å². The van der Waals surface area contributed by atoms with Gasteiger partial charge in [0.05, 0.1) is 38.4 Å². The number of fused-ring (bicyclic) bond motifs is 10. The summed E-state index contributed by atoms with van der Waals surface area (Å²) in [7, 11) is 0. The van der Waals surface area contributed by atoms with E-state index < -0.39 is 242 Å². The van der Waals surface area contributed by atoms with Crippen molar-refractivity contribution in [2.24, 2.45) is 0 Å². The van der Waals surface area contributed by atoms with Crippen molar-refractivity contribution in [1.82, 2.24) is 0 Å². The van der Waals surface area contributed by atoms with Gasteiger partial charge in [-0.05, 0) is 153 Å². The Bertz CT molecular complexity index is 5470. The highest BCUT2D eigenvalue weighted by Crippen LogP contribution is 2.48. The second kappa shape index (κ2) is 15.0. The monoisotopic (exact) mass is 923 g/mol. The fourth-order valence-electron chi connectivity index (χ4n) is 8.85. The largest absolute Gasteiger partial charge is 0.457 e. The van der Waals surface area contributed by atoms with E-state index in [1.165, 1.54) is 19.1 Å². The van der Waals surface area contributed by atoms with Crippen molar-refractivity contribution >= 4 is 101 Å². The molecule has 13 rings (SSSR count). The van der Waals surface area contributed by atoms with E-state index >= 15 is 0 Å². The highest BCUT2D eigenvalue weighted by atomic mass is 16.5. The zero-order chi connectivity index (χ0) is 71.3. The van der Waals surface area contributed by atoms with Crippen molar-refractivity contribution < 1.29 is 52.0 Å². The van der Waals surface area contributed by atoms with E-state index in [1.54, 1.807) is 41.5 Å². The molecular formula is C63H51BN2O3. The summed E-state index contributed by atoms with van der Waals surface area (Å²) in [5, 5.41) is -1.19. The van der Waals surface area contributed by atoms with Crippen LogP contribution in [-0.4, -0.2) is 6.71 Å². The minimum Gasteiger partial charge on any atom is -0.457 e. The maximum Gasteiger partial charge on any atom is 0.252 e. The van der Waals surface area contributed by atoms with Crippen molar-refractivity contribution in [3.05, 3.63) is 198 Å². The first-order valence-electron chi connectivity index (χ1n) is 35.8. The fraction of sp³-hybridized carbons (Fsp3) is 0.143. The zero-order valence-electron chi connectivity index (χ0n) is 65.9. The van der Waals surface area contributed by atoms with Crippen molar-refractivity contribution in [3.8, 4) is 22.6 Å². The first kappa shape index (κ1) is 21.6. The zero-order valence-corrected chi connectivity index (χ0v) is 37.9. The molecule has 4 heterocycles. The molecule has 0 saturated heterocycles.